The van der Waals surface area contributed by atoms with Crippen LogP contribution in [0.1, 0.15) is 16.2 Å². The Hall–Kier alpha value is -3.01. The number of carbonyl (C=O) groups is 1. The maximum atomic E-state index is 11.3. The van der Waals surface area contributed by atoms with Crippen LogP contribution in [0.4, 0.5) is 0 Å². The number of aryl methyl sites for hydroxylation is 2. The van der Waals surface area contributed by atoms with Gasteiger partial charge in [0.25, 0.3) is 0 Å². The Morgan fingerprint density at radius 3 is 2.45 bits per heavy atom. The average molecular weight is 412 g/mol. The first-order valence-electron chi connectivity index (χ1n) is 8.89. The Morgan fingerprint density at radius 2 is 1.83 bits per heavy atom. The highest BCUT2D eigenvalue weighted by Crippen LogP contribution is 2.37. The van der Waals surface area contributed by atoms with Crippen LogP contribution in [0.2, 0.25) is 0 Å². The summed E-state index contributed by atoms with van der Waals surface area (Å²) in [6.45, 7) is 1.95. The fourth-order valence-corrected chi connectivity index (χ4v) is 3.74. The summed E-state index contributed by atoms with van der Waals surface area (Å²) in [5.41, 5.74) is 8.42. The van der Waals surface area contributed by atoms with Crippen molar-refractivity contribution in [1.29, 1.82) is 0 Å². The number of nitrogens with zero attached hydrogens (tertiary/aromatic N) is 5. The van der Waals surface area contributed by atoms with Gasteiger partial charge in [-0.15, -0.1) is 11.3 Å². The molecule has 0 bridgehead atoms. The van der Waals surface area contributed by atoms with Crippen molar-refractivity contribution < 1.29 is 4.79 Å². The zero-order valence-electron chi connectivity index (χ0n) is 17.2. The molecule has 4 aromatic heterocycles. The molecule has 0 atom stereocenters. The lowest BCUT2D eigenvalue weighted by molar-refractivity contribution is 0.111. The SMILES string of the molecule is CN.CNC.Cc1nc(-c2cncnc2)sc1-c1nc(C=O)cc2ccn(C)c12. The molecule has 0 unspecified atom stereocenters. The quantitative estimate of drug-likeness (QED) is 0.499. The van der Waals surface area contributed by atoms with Crippen LogP contribution < -0.4 is 11.1 Å². The van der Waals surface area contributed by atoms with E-state index < -0.39 is 0 Å². The van der Waals surface area contributed by atoms with E-state index in [4.69, 9.17) is 0 Å². The fourth-order valence-electron chi connectivity index (χ4n) is 2.71. The number of thiazole rings is 1. The molecule has 0 saturated heterocycles. The van der Waals surface area contributed by atoms with E-state index in [1.165, 1.54) is 24.7 Å². The Bertz CT molecular complexity index is 1070. The van der Waals surface area contributed by atoms with Gasteiger partial charge in [0.1, 0.15) is 22.7 Å². The first-order chi connectivity index (χ1) is 14.1. The molecule has 8 nitrogen and oxygen atoms in total. The van der Waals surface area contributed by atoms with E-state index in [2.05, 4.69) is 31.0 Å². The summed E-state index contributed by atoms with van der Waals surface area (Å²) >= 11 is 1.53. The number of nitrogens with one attached hydrogen (secondary N) is 1. The number of nitrogens with two attached hydrogens (primary N) is 1. The summed E-state index contributed by atoms with van der Waals surface area (Å²) in [5.74, 6) is 0. The molecule has 0 aliphatic carbocycles. The highest BCUT2D eigenvalue weighted by Gasteiger charge is 2.18. The van der Waals surface area contributed by atoms with Crippen molar-refractivity contribution in [3.05, 3.63) is 48.4 Å². The molecule has 9 heteroatoms. The van der Waals surface area contributed by atoms with Crippen LogP contribution in [-0.4, -0.2) is 51.9 Å². The van der Waals surface area contributed by atoms with Crippen molar-refractivity contribution in [3.63, 3.8) is 0 Å². The topological polar surface area (TPSA) is 112 Å². The summed E-state index contributed by atoms with van der Waals surface area (Å²) < 4.78 is 2.01. The lowest BCUT2D eigenvalue weighted by Crippen LogP contribution is -1.95. The number of carbonyl (C=O) groups excluding carboxylic acids is 1. The molecule has 29 heavy (non-hydrogen) atoms. The van der Waals surface area contributed by atoms with Crippen molar-refractivity contribution in [1.82, 2.24) is 29.8 Å². The van der Waals surface area contributed by atoms with E-state index >= 15 is 0 Å². The minimum absolute atomic E-state index is 0.418. The van der Waals surface area contributed by atoms with E-state index in [9.17, 15) is 4.79 Å². The van der Waals surface area contributed by atoms with Gasteiger partial charge in [0.05, 0.1) is 16.1 Å². The monoisotopic (exact) mass is 411 g/mol. The molecule has 0 amide bonds. The van der Waals surface area contributed by atoms with E-state index in [-0.39, 0.29) is 0 Å². The van der Waals surface area contributed by atoms with Gasteiger partial charge >= 0.3 is 0 Å². The van der Waals surface area contributed by atoms with Crippen LogP contribution in [0, 0.1) is 6.92 Å². The number of pyridine rings is 1. The maximum absolute atomic E-state index is 11.3. The summed E-state index contributed by atoms with van der Waals surface area (Å²) in [7, 11) is 7.22. The Balaban J connectivity index is 0.000000551. The first-order valence-corrected chi connectivity index (χ1v) is 9.71. The Morgan fingerprint density at radius 1 is 1.17 bits per heavy atom. The highest BCUT2D eigenvalue weighted by atomic mass is 32.1. The third kappa shape index (κ3) is 4.89. The van der Waals surface area contributed by atoms with E-state index in [0.717, 1.165) is 44.0 Å². The van der Waals surface area contributed by atoms with Crippen molar-refractivity contribution in [2.45, 2.75) is 6.92 Å². The zero-order chi connectivity index (χ0) is 21.4. The molecule has 0 aromatic carbocycles. The van der Waals surface area contributed by atoms with Crippen molar-refractivity contribution in [3.8, 4) is 21.1 Å². The predicted molar refractivity (Wildman–Crippen MR) is 118 cm³/mol. The first kappa shape index (κ1) is 22.3. The molecule has 4 heterocycles. The average Bonchev–Trinajstić information content (AvgIpc) is 3.33. The van der Waals surface area contributed by atoms with Crippen LogP contribution in [0.3, 0.4) is 0 Å². The molecule has 4 rings (SSSR count). The van der Waals surface area contributed by atoms with Gasteiger partial charge < -0.3 is 15.6 Å². The van der Waals surface area contributed by atoms with Gasteiger partial charge in [-0.25, -0.2) is 19.9 Å². The van der Waals surface area contributed by atoms with E-state index in [1.54, 1.807) is 18.5 Å². The van der Waals surface area contributed by atoms with Gasteiger partial charge in [-0.05, 0) is 40.2 Å². The van der Waals surface area contributed by atoms with Crippen LogP contribution in [-0.2, 0) is 7.05 Å². The number of rotatable bonds is 3. The lowest BCUT2D eigenvalue weighted by Gasteiger charge is -2.05. The number of hydrogen-bond donors (Lipinski definition) is 2. The van der Waals surface area contributed by atoms with Crippen LogP contribution >= 0.6 is 11.3 Å². The lowest BCUT2D eigenvalue weighted by atomic mass is 10.2. The second-order valence-electron chi connectivity index (χ2n) is 5.94. The maximum Gasteiger partial charge on any atom is 0.168 e. The molecule has 0 aliphatic rings. The normalized spacial score (nSPS) is 10.0. The minimum Gasteiger partial charge on any atom is -0.349 e. The summed E-state index contributed by atoms with van der Waals surface area (Å²) in [6.07, 6.45) is 7.71. The van der Waals surface area contributed by atoms with Gasteiger partial charge in [0, 0.05) is 36.6 Å². The molecule has 4 aromatic rings. The second-order valence-corrected chi connectivity index (χ2v) is 6.94. The van der Waals surface area contributed by atoms with E-state index in [0.29, 0.717) is 5.69 Å². The van der Waals surface area contributed by atoms with Gasteiger partial charge in [0.15, 0.2) is 6.29 Å². The number of fused-ring (bicyclic) bond motifs is 1. The third-order valence-corrected chi connectivity index (χ3v) is 5.03. The second kappa shape index (κ2) is 10.5. The molecule has 0 aliphatic heterocycles. The van der Waals surface area contributed by atoms with Crippen LogP contribution in [0.25, 0.3) is 32.0 Å². The summed E-state index contributed by atoms with van der Waals surface area (Å²) in [5, 5.41) is 4.57. The third-order valence-electron chi connectivity index (χ3n) is 3.81. The smallest absolute Gasteiger partial charge is 0.168 e. The fraction of sp³-hybridized carbons (Fsp3) is 0.250. The van der Waals surface area contributed by atoms with Gasteiger partial charge in [-0.3, -0.25) is 4.79 Å². The standard InChI is InChI=1S/C17H13N5OS.C2H7N.CH5N/c1-10-16(24-17(20-10)12-6-18-9-19-7-12)14-15-11(3-4-22(15)2)5-13(8-23)21-14;1-3-2;1-2/h3-9H,1-2H3;3H,1-2H3;2H2,1H3. The Labute approximate surface area is 173 Å². The van der Waals surface area contributed by atoms with Crippen LogP contribution in [0.15, 0.2) is 37.1 Å². The Kier molecular flexibility index (Phi) is 8.08. The molecule has 0 spiro atoms. The predicted octanol–water partition coefficient (Wildman–Crippen LogP) is 2.69. The molecule has 0 fully saturated rings. The van der Waals surface area contributed by atoms with E-state index in [1.807, 2.05) is 44.9 Å². The molecule has 0 radical (unpaired) electrons. The highest BCUT2D eigenvalue weighted by molar-refractivity contribution is 7.18. The van der Waals surface area contributed by atoms with Crippen molar-refractivity contribution in [2.24, 2.45) is 12.8 Å². The number of aldehydes is 1. The van der Waals surface area contributed by atoms with Crippen LogP contribution in [0.5, 0.6) is 0 Å². The number of aromatic nitrogens is 5. The number of hydrogen-bond acceptors (Lipinski definition) is 8. The summed E-state index contributed by atoms with van der Waals surface area (Å²) in [6, 6.07) is 3.78. The van der Waals surface area contributed by atoms with Gasteiger partial charge in [-0.1, -0.05) is 0 Å². The van der Waals surface area contributed by atoms with Gasteiger partial charge in [-0.2, -0.15) is 0 Å². The van der Waals surface area contributed by atoms with Gasteiger partial charge in [0.2, 0.25) is 0 Å². The molecule has 152 valence electrons. The largest absolute Gasteiger partial charge is 0.349 e. The molecule has 0 saturated carbocycles. The zero-order valence-corrected chi connectivity index (χ0v) is 18.0. The van der Waals surface area contributed by atoms with Crippen molar-refractivity contribution in [2.75, 3.05) is 21.1 Å². The minimum atomic E-state index is 0.418. The molecule has 3 N–H and O–H groups in total. The molecular formula is C20H25N7OS. The summed E-state index contributed by atoms with van der Waals surface area (Å²) in [4.78, 5) is 29.5. The molecular weight excluding hydrogens is 386 g/mol. The van der Waals surface area contributed by atoms with Crippen molar-refractivity contribution >= 4 is 28.5 Å².